The lowest BCUT2D eigenvalue weighted by Crippen LogP contribution is -2.45. The molecule has 2 aromatic heterocycles. The SMILES string of the molecule is O=C(NCC1CN(Cc2cccnc2)Cc2ccnn21)N1CCCC1.O=C(O)C(F)(F)F.O=C(O)C(F)(F)F. The minimum Gasteiger partial charge on any atom is -0.475 e. The summed E-state index contributed by atoms with van der Waals surface area (Å²) in [4.78, 5) is 38.6. The number of aromatic nitrogens is 3. The molecule has 1 unspecified atom stereocenters. The Hall–Kier alpha value is -3.89. The Balaban J connectivity index is 0.000000317. The molecule has 4 rings (SSSR count). The summed E-state index contributed by atoms with van der Waals surface area (Å²) in [5.41, 5.74) is 2.39. The molecule has 0 aliphatic carbocycles. The van der Waals surface area contributed by atoms with Crippen LogP contribution in [0.25, 0.3) is 0 Å². The Morgan fingerprint density at radius 3 is 2.08 bits per heavy atom. The van der Waals surface area contributed by atoms with Crippen LogP contribution in [-0.4, -0.2) is 91.3 Å². The molecule has 0 aromatic carbocycles. The zero-order valence-electron chi connectivity index (χ0n) is 20.3. The maximum Gasteiger partial charge on any atom is 0.490 e. The van der Waals surface area contributed by atoms with E-state index in [1.165, 1.54) is 11.3 Å². The number of likely N-dealkylation sites (tertiary alicyclic amines) is 1. The van der Waals surface area contributed by atoms with Crippen LogP contribution >= 0.6 is 0 Å². The summed E-state index contributed by atoms with van der Waals surface area (Å²) in [6.07, 6.45) is -2.39. The number of carbonyl (C=O) groups excluding carboxylic acids is 1. The van der Waals surface area contributed by atoms with Gasteiger partial charge in [-0.05, 0) is 30.5 Å². The van der Waals surface area contributed by atoms with Crippen LogP contribution in [0.15, 0.2) is 36.8 Å². The van der Waals surface area contributed by atoms with Crippen molar-refractivity contribution in [1.82, 2.24) is 29.9 Å². The van der Waals surface area contributed by atoms with Crippen LogP contribution in [0.5, 0.6) is 0 Å². The number of fused-ring (bicyclic) bond motifs is 1. The van der Waals surface area contributed by atoms with E-state index in [1.807, 2.05) is 23.4 Å². The van der Waals surface area contributed by atoms with Gasteiger partial charge in [0.25, 0.3) is 0 Å². The van der Waals surface area contributed by atoms with Crippen LogP contribution in [0.1, 0.15) is 30.1 Å². The van der Waals surface area contributed by atoms with Crippen LogP contribution < -0.4 is 5.32 Å². The van der Waals surface area contributed by atoms with E-state index in [-0.39, 0.29) is 12.1 Å². The molecular formula is C22H26F6N6O5. The van der Waals surface area contributed by atoms with Gasteiger partial charge in [-0.3, -0.25) is 14.6 Å². The molecule has 1 fully saturated rings. The fraction of sp³-hybridized carbons (Fsp3) is 0.500. The van der Waals surface area contributed by atoms with Gasteiger partial charge in [0, 0.05) is 57.9 Å². The molecule has 0 saturated carbocycles. The van der Waals surface area contributed by atoms with Crippen molar-refractivity contribution in [1.29, 1.82) is 0 Å². The molecule has 1 saturated heterocycles. The summed E-state index contributed by atoms with van der Waals surface area (Å²) in [6.45, 7) is 4.94. The number of carboxylic acid groups (broad SMARTS) is 2. The average Bonchev–Trinajstić information content (AvgIpc) is 3.55. The number of alkyl halides is 6. The second kappa shape index (κ2) is 13.8. The van der Waals surface area contributed by atoms with Crippen LogP contribution in [0.2, 0.25) is 0 Å². The van der Waals surface area contributed by atoms with Gasteiger partial charge in [0.1, 0.15) is 0 Å². The van der Waals surface area contributed by atoms with Gasteiger partial charge in [-0.25, -0.2) is 14.4 Å². The number of nitrogens with zero attached hydrogens (tertiary/aromatic N) is 5. The molecule has 39 heavy (non-hydrogen) atoms. The number of urea groups is 1. The quantitative estimate of drug-likeness (QED) is 0.479. The fourth-order valence-electron chi connectivity index (χ4n) is 3.72. The lowest BCUT2D eigenvalue weighted by atomic mass is 10.1. The van der Waals surface area contributed by atoms with Crippen molar-refractivity contribution in [3.05, 3.63) is 48.0 Å². The minimum atomic E-state index is -5.08. The third kappa shape index (κ3) is 10.4. The highest BCUT2D eigenvalue weighted by Crippen LogP contribution is 2.21. The Morgan fingerprint density at radius 2 is 1.56 bits per heavy atom. The smallest absolute Gasteiger partial charge is 0.475 e. The molecule has 0 bridgehead atoms. The molecular weight excluding hydrogens is 542 g/mol. The highest BCUT2D eigenvalue weighted by Gasteiger charge is 2.39. The normalized spacial score (nSPS) is 17.2. The highest BCUT2D eigenvalue weighted by molar-refractivity contribution is 5.74. The molecule has 2 aliphatic heterocycles. The molecule has 2 aromatic rings. The molecule has 17 heteroatoms. The minimum absolute atomic E-state index is 0.0515. The Labute approximate surface area is 218 Å². The Kier molecular flexibility index (Phi) is 11.1. The molecule has 2 aliphatic rings. The molecule has 4 heterocycles. The molecule has 2 amide bonds. The van der Waals surface area contributed by atoms with Crippen molar-refractivity contribution in [2.45, 2.75) is 44.3 Å². The van der Waals surface area contributed by atoms with Gasteiger partial charge >= 0.3 is 30.3 Å². The van der Waals surface area contributed by atoms with E-state index in [9.17, 15) is 31.1 Å². The summed E-state index contributed by atoms with van der Waals surface area (Å²) >= 11 is 0. The largest absolute Gasteiger partial charge is 0.490 e. The van der Waals surface area contributed by atoms with Crippen molar-refractivity contribution in [2.75, 3.05) is 26.2 Å². The van der Waals surface area contributed by atoms with E-state index in [0.717, 1.165) is 45.6 Å². The number of nitrogens with one attached hydrogen (secondary N) is 1. The van der Waals surface area contributed by atoms with Gasteiger partial charge in [0.15, 0.2) is 0 Å². The number of pyridine rings is 1. The van der Waals surface area contributed by atoms with E-state index < -0.39 is 24.3 Å². The van der Waals surface area contributed by atoms with Gasteiger partial charge in [-0.2, -0.15) is 31.4 Å². The van der Waals surface area contributed by atoms with Gasteiger partial charge in [-0.1, -0.05) is 6.07 Å². The van der Waals surface area contributed by atoms with Crippen molar-refractivity contribution in [2.24, 2.45) is 0 Å². The van der Waals surface area contributed by atoms with E-state index in [0.29, 0.717) is 6.54 Å². The van der Waals surface area contributed by atoms with E-state index in [1.54, 1.807) is 6.20 Å². The van der Waals surface area contributed by atoms with Crippen molar-refractivity contribution >= 4 is 18.0 Å². The Morgan fingerprint density at radius 1 is 0.974 bits per heavy atom. The summed E-state index contributed by atoms with van der Waals surface area (Å²) in [7, 11) is 0. The molecule has 1 atom stereocenters. The standard InChI is InChI=1S/C18H24N6O.2C2HF3O2/c25-18(23-8-1-2-9-23)20-11-17-14-22(12-15-4-3-6-19-10-15)13-16-5-7-21-24(16)17;2*3-2(4,5)1(6)7/h3-7,10,17H,1-2,8-9,11-14H2,(H,20,25);2*(H,6,7). The molecule has 3 N–H and O–H groups in total. The maximum atomic E-state index is 12.3. The first-order chi connectivity index (χ1) is 18.2. The van der Waals surface area contributed by atoms with Gasteiger partial charge in [0.05, 0.1) is 11.7 Å². The van der Waals surface area contributed by atoms with Crippen LogP contribution in [-0.2, 0) is 22.7 Å². The van der Waals surface area contributed by atoms with Crippen molar-refractivity contribution in [3.8, 4) is 0 Å². The summed E-state index contributed by atoms with van der Waals surface area (Å²) in [5, 5.41) is 21.8. The van der Waals surface area contributed by atoms with Crippen LogP contribution in [0.3, 0.4) is 0 Å². The number of carbonyl (C=O) groups is 3. The first-order valence-corrected chi connectivity index (χ1v) is 11.4. The topological polar surface area (TPSA) is 141 Å². The first-order valence-electron chi connectivity index (χ1n) is 11.4. The van der Waals surface area contributed by atoms with Crippen LogP contribution in [0.4, 0.5) is 31.1 Å². The number of aliphatic carboxylic acids is 2. The van der Waals surface area contributed by atoms with Crippen molar-refractivity contribution < 1.29 is 50.9 Å². The second-order valence-electron chi connectivity index (χ2n) is 8.44. The van der Waals surface area contributed by atoms with E-state index in [4.69, 9.17) is 19.8 Å². The lowest BCUT2D eigenvalue weighted by Gasteiger charge is -2.34. The summed E-state index contributed by atoms with van der Waals surface area (Å²) in [6, 6.07) is 6.34. The number of rotatable bonds is 4. The second-order valence-corrected chi connectivity index (χ2v) is 8.44. The number of hydrogen-bond donors (Lipinski definition) is 3. The zero-order valence-corrected chi connectivity index (χ0v) is 20.3. The maximum absolute atomic E-state index is 12.3. The average molecular weight is 568 g/mol. The molecule has 0 radical (unpaired) electrons. The van der Waals surface area contributed by atoms with Gasteiger partial charge in [-0.15, -0.1) is 0 Å². The number of amides is 2. The molecule has 11 nitrogen and oxygen atoms in total. The Bertz CT molecular complexity index is 1070. The molecule has 216 valence electrons. The van der Waals surface area contributed by atoms with E-state index in [2.05, 4.69) is 37.1 Å². The predicted molar refractivity (Wildman–Crippen MR) is 121 cm³/mol. The number of hydrogen-bond acceptors (Lipinski definition) is 6. The fourth-order valence-corrected chi connectivity index (χ4v) is 3.72. The zero-order chi connectivity index (χ0) is 29.2. The van der Waals surface area contributed by atoms with Crippen LogP contribution in [0, 0.1) is 0 Å². The first kappa shape index (κ1) is 31.3. The predicted octanol–water partition coefficient (Wildman–Crippen LogP) is 2.91. The lowest BCUT2D eigenvalue weighted by molar-refractivity contribution is -0.193. The van der Waals surface area contributed by atoms with Gasteiger partial charge in [0.2, 0.25) is 0 Å². The van der Waals surface area contributed by atoms with E-state index >= 15 is 0 Å². The summed E-state index contributed by atoms with van der Waals surface area (Å²) < 4.78 is 65.5. The number of halogens is 6. The van der Waals surface area contributed by atoms with Crippen molar-refractivity contribution in [3.63, 3.8) is 0 Å². The third-order valence-electron chi connectivity index (χ3n) is 5.45. The summed E-state index contributed by atoms with van der Waals surface area (Å²) in [5.74, 6) is -5.51. The number of carboxylic acids is 2. The highest BCUT2D eigenvalue weighted by atomic mass is 19.4. The van der Waals surface area contributed by atoms with Gasteiger partial charge < -0.3 is 20.4 Å². The monoisotopic (exact) mass is 568 g/mol. The molecule has 0 spiro atoms. The third-order valence-corrected chi connectivity index (χ3v) is 5.45.